The van der Waals surface area contributed by atoms with Gasteiger partial charge >= 0.3 is 0 Å². The lowest BCUT2D eigenvalue weighted by molar-refractivity contribution is -0.131. The monoisotopic (exact) mass is 265 g/mol. The van der Waals surface area contributed by atoms with Crippen LogP contribution in [-0.4, -0.2) is 40.1 Å². The number of amides is 1. The first-order chi connectivity index (χ1) is 8.81. The molecule has 4 heteroatoms. The van der Waals surface area contributed by atoms with E-state index in [1.165, 1.54) is 0 Å². The summed E-state index contributed by atoms with van der Waals surface area (Å²) >= 11 is 1.74. The Hall–Kier alpha value is -1.00. The van der Waals surface area contributed by atoms with Crippen LogP contribution in [0.5, 0.6) is 0 Å². The van der Waals surface area contributed by atoms with Crippen LogP contribution in [0.2, 0.25) is 0 Å². The highest BCUT2D eigenvalue weighted by atomic mass is 32.2. The molecule has 1 aliphatic heterocycles. The van der Waals surface area contributed by atoms with Crippen molar-refractivity contribution >= 4 is 17.7 Å². The Labute approximate surface area is 112 Å². The van der Waals surface area contributed by atoms with Crippen molar-refractivity contribution < 1.29 is 9.90 Å². The minimum Gasteiger partial charge on any atom is -0.395 e. The largest absolute Gasteiger partial charge is 0.395 e. The summed E-state index contributed by atoms with van der Waals surface area (Å²) in [4.78, 5) is 14.1. The van der Waals surface area contributed by atoms with Gasteiger partial charge < -0.3 is 10.0 Å². The fraction of sp³-hybridized carbons (Fsp3) is 0.500. The van der Waals surface area contributed by atoms with Gasteiger partial charge in [-0.3, -0.25) is 4.79 Å². The molecule has 0 aliphatic carbocycles. The molecule has 98 valence electrons. The van der Waals surface area contributed by atoms with Crippen molar-refractivity contribution in [2.75, 3.05) is 18.9 Å². The summed E-state index contributed by atoms with van der Waals surface area (Å²) in [5.41, 5.74) is 1.11. The molecule has 1 aromatic rings. The molecular formula is C14H19NO2S. The van der Waals surface area contributed by atoms with Gasteiger partial charge in [0.25, 0.3) is 0 Å². The number of benzene rings is 1. The quantitative estimate of drug-likeness (QED) is 0.884. The molecule has 0 bridgehead atoms. The van der Waals surface area contributed by atoms with Crippen molar-refractivity contribution in [3.05, 3.63) is 35.9 Å². The number of aliphatic hydroxyl groups excluding tert-OH is 1. The fourth-order valence-electron chi connectivity index (χ4n) is 2.17. The highest BCUT2D eigenvalue weighted by Gasteiger charge is 2.27. The number of aliphatic hydroxyl groups is 1. The van der Waals surface area contributed by atoms with E-state index in [2.05, 4.69) is 0 Å². The van der Waals surface area contributed by atoms with Crippen LogP contribution in [0.25, 0.3) is 0 Å². The van der Waals surface area contributed by atoms with Crippen LogP contribution in [0, 0.1) is 0 Å². The van der Waals surface area contributed by atoms with E-state index in [1.807, 2.05) is 30.3 Å². The number of rotatable bonds is 5. The Morgan fingerprint density at radius 1 is 1.39 bits per heavy atom. The number of carbonyl (C=O) groups excluding carboxylic acids is 1. The zero-order valence-electron chi connectivity index (χ0n) is 10.4. The Balaban J connectivity index is 2.00. The lowest BCUT2D eigenvalue weighted by Crippen LogP contribution is -2.38. The Bertz CT molecular complexity index is 377. The van der Waals surface area contributed by atoms with Gasteiger partial charge in [0, 0.05) is 13.1 Å². The third-order valence-electron chi connectivity index (χ3n) is 3.10. The predicted molar refractivity (Wildman–Crippen MR) is 74.4 cm³/mol. The lowest BCUT2D eigenvalue weighted by Gasteiger charge is -2.24. The number of hydrogen-bond donors (Lipinski definition) is 1. The average molecular weight is 265 g/mol. The molecule has 0 saturated carbocycles. The number of nitrogens with zero attached hydrogens (tertiary/aromatic N) is 1. The van der Waals surface area contributed by atoms with E-state index in [9.17, 15) is 4.79 Å². The van der Waals surface area contributed by atoms with E-state index in [0.29, 0.717) is 13.1 Å². The van der Waals surface area contributed by atoms with Crippen molar-refractivity contribution in [2.24, 2.45) is 0 Å². The third kappa shape index (κ3) is 3.50. The molecular weight excluding hydrogens is 246 g/mol. The van der Waals surface area contributed by atoms with E-state index in [-0.39, 0.29) is 17.8 Å². The molecule has 1 heterocycles. The van der Waals surface area contributed by atoms with Gasteiger partial charge in [-0.2, -0.15) is 0 Å². The van der Waals surface area contributed by atoms with Gasteiger partial charge in [0.2, 0.25) is 5.91 Å². The van der Waals surface area contributed by atoms with E-state index in [0.717, 1.165) is 24.2 Å². The molecule has 1 atom stereocenters. The minimum absolute atomic E-state index is 0.0238. The van der Waals surface area contributed by atoms with E-state index in [1.54, 1.807) is 16.7 Å². The Morgan fingerprint density at radius 3 is 2.78 bits per heavy atom. The van der Waals surface area contributed by atoms with Crippen LogP contribution in [0.3, 0.4) is 0 Å². The summed E-state index contributed by atoms with van der Waals surface area (Å²) < 4.78 is 0. The van der Waals surface area contributed by atoms with Crippen LogP contribution in [0.15, 0.2) is 30.3 Å². The van der Waals surface area contributed by atoms with Crippen molar-refractivity contribution in [1.82, 2.24) is 4.90 Å². The Morgan fingerprint density at radius 2 is 2.17 bits per heavy atom. The molecule has 1 unspecified atom stereocenters. The normalized spacial score (nSPS) is 18.8. The second kappa shape index (κ2) is 6.81. The molecule has 1 saturated heterocycles. The molecule has 0 spiro atoms. The first-order valence-corrected chi connectivity index (χ1v) is 7.41. The molecule has 1 amide bonds. The zero-order valence-corrected chi connectivity index (χ0v) is 11.2. The molecule has 1 aromatic carbocycles. The lowest BCUT2D eigenvalue weighted by atomic mass is 10.2. The van der Waals surface area contributed by atoms with Gasteiger partial charge in [-0.25, -0.2) is 0 Å². The van der Waals surface area contributed by atoms with Crippen molar-refractivity contribution in [3.63, 3.8) is 0 Å². The van der Waals surface area contributed by atoms with Crippen molar-refractivity contribution in [3.8, 4) is 0 Å². The molecule has 2 rings (SSSR count). The maximum Gasteiger partial charge on any atom is 0.236 e. The summed E-state index contributed by atoms with van der Waals surface area (Å²) in [6.45, 7) is 1.04. The van der Waals surface area contributed by atoms with E-state index >= 15 is 0 Å². The average Bonchev–Trinajstić information content (AvgIpc) is 2.92. The van der Waals surface area contributed by atoms with Gasteiger partial charge in [-0.1, -0.05) is 30.3 Å². The number of thioether (sulfide) groups is 1. The molecule has 1 fully saturated rings. The Kier molecular flexibility index (Phi) is 5.08. The summed E-state index contributed by atoms with van der Waals surface area (Å²) in [5.74, 6) is 1.25. The van der Waals surface area contributed by atoms with Gasteiger partial charge in [0.1, 0.15) is 0 Å². The molecule has 0 radical (unpaired) electrons. The number of hydrogen-bond acceptors (Lipinski definition) is 3. The molecule has 1 N–H and O–H groups in total. The van der Waals surface area contributed by atoms with E-state index < -0.39 is 0 Å². The molecule has 1 aliphatic rings. The summed E-state index contributed by atoms with van der Waals surface area (Å²) in [6.07, 6.45) is 2.10. The maximum atomic E-state index is 12.3. The van der Waals surface area contributed by atoms with E-state index in [4.69, 9.17) is 5.11 Å². The summed E-state index contributed by atoms with van der Waals surface area (Å²) in [7, 11) is 0. The van der Waals surface area contributed by atoms with Gasteiger partial charge in [0.15, 0.2) is 0 Å². The summed E-state index contributed by atoms with van der Waals surface area (Å²) in [5, 5.41) is 9.20. The molecule has 3 nitrogen and oxygen atoms in total. The fourth-order valence-corrected chi connectivity index (χ4v) is 3.41. The smallest absolute Gasteiger partial charge is 0.236 e. The van der Waals surface area contributed by atoms with Gasteiger partial charge in [0.05, 0.1) is 11.9 Å². The first kappa shape index (κ1) is 13.4. The molecule has 0 aromatic heterocycles. The van der Waals surface area contributed by atoms with Gasteiger partial charge in [-0.15, -0.1) is 11.8 Å². The molecule has 18 heavy (non-hydrogen) atoms. The van der Waals surface area contributed by atoms with Crippen molar-refractivity contribution in [1.29, 1.82) is 0 Å². The standard InChI is InChI=1S/C14H19NO2S/c16-9-8-15(11-12-5-2-1-3-6-12)14(17)13-7-4-10-18-13/h1-3,5-6,13,16H,4,7-11H2. The van der Waals surface area contributed by atoms with Crippen LogP contribution in [0.4, 0.5) is 0 Å². The van der Waals surface area contributed by atoms with Crippen LogP contribution in [-0.2, 0) is 11.3 Å². The topological polar surface area (TPSA) is 40.5 Å². The minimum atomic E-state index is 0.0238. The van der Waals surface area contributed by atoms with Crippen molar-refractivity contribution in [2.45, 2.75) is 24.6 Å². The second-order valence-corrected chi connectivity index (χ2v) is 5.78. The van der Waals surface area contributed by atoms with Crippen LogP contribution >= 0.6 is 11.8 Å². The van der Waals surface area contributed by atoms with Crippen LogP contribution in [0.1, 0.15) is 18.4 Å². The third-order valence-corrected chi connectivity index (χ3v) is 4.47. The predicted octanol–water partition coefficient (Wildman–Crippen LogP) is 1.90. The maximum absolute atomic E-state index is 12.3. The second-order valence-electron chi connectivity index (χ2n) is 4.47. The van der Waals surface area contributed by atoms with Crippen LogP contribution < -0.4 is 0 Å². The number of carbonyl (C=O) groups is 1. The zero-order chi connectivity index (χ0) is 12.8. The SMILES string of the molecule is O=C(C1CCCS1)N(CCO)Cc1ccccc1. The first-order valence-electron chi connectivity index (χ1n) is 6.36. The highest BCUT2D eigenvalue weighted by Crippen LogP contribution is 2.28. The summed E-state index contributed by atoms with van der Waals surface area (Å²) in [6, 6.07) is 9.94. The highest BCUT2D eigenvalue weighted by molar-refractivity contribution is 8.00. The van der Waals surface area contributed by atoms with Gasteiger partial charge in [-0.05, 0) is 24.2 Å².